The van der Waals surface area contributed by atoms with Gasteiger partial charge in [-0.2, -0.15) is 0 Å². The highest BCUT2D eigenvalue weighted by Crippen LogP contribution is 2.29. The number of aryl methyl sites for hydroxylation is 1. The van der Waals surface area contributed by atoms with Crippen molar-refractivity contribution < 1.29 is 4.79 Å². The summed E-state index contributed by atoms with van der Waals surface area (Å²) in [6.07, 6.45) is 0. The van der Waals surface area contributed by atoms with Crippen molar-refractivity contribution in [1.82, 2.24) is 15.2 Å². The molecule has 7 heteroatoms. The van der Waals surface area contributed by atoms with Crippen LogP contribution >= 0.6 is 23.7 Å². The van der Waals surface area contributed by atoms with E-state index in [1.807, 2.05) is 31.2 Å². The van der Waals surface area contributed by atoms with Gasteiger partial charge < -0.3 is 5.32 Å². The number of thiazole rings is 1. The van der Waals surface area contributed by atoms with E-state index >= 15 is 0 Å². The molecule has 0 unspecified atom stereocenters. The van der Waals surface area contributed by atoms with Gasteiger partial charge in [-0.1, -0.05) is 17.7 Å². The highest BCUT2D eigenvalue weighted by atomic mass is 35.5. The summed E-state index contributed by atoms with van der Waals surface area (Å²) in [4.78, 5) is 20.9. The van der Waals surface area contributed by atoms with Crippen LogP contribution in [0.1, 0.15) is 18.2 Å². The van der Waals surface area contributed by atoms with Crippen LogP contribution in [0.15, 0.2) is 29.6 Å². The zero-order chi connectivity index (χ0) is 16.2. The molecule has 1 saturated heterocycles. The van der Waals surface area contributed by atoms with E-state index in [4.69, 9.17) is 0 Å². The fraction of sp³-hybridized carbons (Fsp3) is 0.412. The zero-order valence-corrected chi connectivity index (χ0v) is 15.6. The second-order valence-corrected chi connectivity index (χ2v) is 6.67. The van der Waals surface area contributed by atoms with E-state index in [2.05, 4.69) is 20.6 Å². The first-order chi connectivity index (χ1) is 11.1. The first-order valence-electron chi connectivity index (χ1n) is 7.88. The van der Waals surface area contributed by atoms with Crippen LogP contribution in [-0.4, -0.2) is 42.0 Å². The molecule has 0 bridgehead atoms. The van der Waals surface area contributed by atoms with Crippen LogP contribution in [0.2, 0.25) is 0 Å². The Hall–Kier alpha value is -1.47. The van der Waals surface area contributed by atoms with E-state index in [0.717, 1.165) is 49.2 Å². The van der Waals surface area contributed by atoms with Crippen molar-refractivity contribution in [1.29, 1.82) is 0 Å². The predicted molar refractivity (Wildman–Crippen MR) is 102 cm³/mol. The number of hydrogen-bond acceptors (Lipinski definition) is 5. The number of nitrogens with one attached hydrogen (secondary N) is 1. The Morgan fingerprint density at radius 2 is 1.96 bits per heavy atom. The van der Waals surface area contributed by atoms with Gasteiger partial charge in [0.2, 0.25) is 5.91 Å². The number of halogens is 1. The molecule has 5 nitrogen and oxygen atoms in total. The molecule has 1 aliphatic heterocycles. The lowest BCUT2D eigenvalue weighted by Crippen LogP contribution is -2.42. The van der Waals surface area contributed by atoms with Crippen LogP contribution in [-0.2, 0) is 11.3 Å². The van der Waals surface area contributed by atoms with Gasteiger partial charge in [0.25, 0.3) is 0 Å². The minimum absolute atomic E-state index is 0. The van der Waals surface area contributed by atoms with Crippen LogP contribution in [0.5, 0.6) is 0 Å². The van der Waals surface area contributed by atoms with E-state index in [1.54, 1.807) is 11.8 Å². The van der Waals surface area contributed by atoms with Gasteiger partial charge in [0.1, 0.15) is 0 Å². The summed E-state index contributed by atoms with van der Waals surface area (Å²) in [5.41, 5.74) is 3.08. The summed E-state index contributed by atoms with van der Waals surface area (Å²) in [5, 5.41) is 6.15. The first kappa shape index (κ1) is 18.9. The normalized spacial score (nSPS) is 14.9. The highest BCUT2D eigenvalue weighted by Gasteiger charge is 2.19. The van der Waals surface area contributed by atoms with Gasteiger partial charge in [-0.05, 0) is 19.1 Å². The van der Waals surface area contributed by atoms with Gasteiger partial charge >= 0.3 is 0 Å². The molecule has 0 radical (unpaired) electrons. The van der Waals surface area contributed by atoms with E-state index in [9.17, 15) is 4.79 Å². The van der Waals surface area contributed by atoms with Gasteiger partial charge in [-0.25, -0.2) is 4.98 Å². The average molecular weight is 367 g/mol. The maximum atomic E-state index is 12.1. The number of hydrogen-bond donors (Lipinski definition) is 1. The zero-order valence-electron chi connectivity index (χ0n) is 14.0. The predicted octanol–water partition coefficient (Wildman–Crippen LogP) is 2.96. The van der Waals surface area contributed by atoms with Crippen LogP contribution in [0.25, 0.3) is 0 Å². The molecule has 1 amide bonds. The fourth-order valence-electron chi connectivity index (χ4n) is 2.69. The molecule has 2 aromatic rings. The molecule has 1 aromatic carbocycles. The van der Waals surface area contributed by atoms with Gasteiger partial charge in [0.15, 0.2) is 5.13 Å². The van der Waals surface area contributed by atoms with Gasteiger partial charge in [-0.3, -0.25) is 14.6 Å². The van der Waals surface area contributed by atoms with Crippen molar-refractivity contribution in [2.45, 2.75) is 20.4 Å². The van der Waals surface area contributed by atoms with E-state index in [-0.39, 0.29) is 18.3 Å². The number of aromatic nitrogens is 1. The van der Waals surface area contributed by atoms with E-state index < -0.39 is 0 Å². The lowest BCUT2D eigenvalue weighted by atomic mass is 10.2. The summed E-state index contributed by atoms with van der Waals surface area (Å²) in [7, 11) is 0. The third kappa shape index (κ3) is 4.54. The molecular formula is C17H23ClN4OS. The molecule has 1 N–H and O–H groups in total. The summed E-state index contributed by atoms with van der Waals surface area (Å²) < 4.78 is 0. The maximum Gasteiger partial charge on any atom is 0.230 e. The molecule has 2 heterocycles. The molecule has 1 aromatic heterocycles. The maximum absolute atomic E-state index is 12.1. The molecule has 24 heavy (non-hydrogen) atoms. The Morgan fingerprint density at radius 3 is 2.58 bits per heavy atom. The summed E-state index contributed by atoms with van der Waals surface area (Å²) in [6, 6.07) is 7.96. The molecule has 1 aliphatic rings. The quantitative estimate of drug-likeness (QED) is 0.903. The minimum Gasteiger partial charge on any atom is -0.314 e. The van der Waals surface area contributed by atoms with Crippen LogP contribution in [0.3, 0.4) is 0 Å². The van der Waals surface area contributed by atoms with Crippen molar-refractivity contribution >= 4 is 40.5 Å². The van der Waals surface area contributed by atoms with Crippen molar-refractivity contribution in [3.63, 3.8) is 0 Å². The van der Waals surface area contributed by atoms with Crippen molar-refractivity contribution in [3.8, 4) is 0 Å². The number of amides is 1. The second-order valence-electron chi connectivity index (χ2n) is 5.84. The number of anilines is 2. The Kier molecular flexibility index (Phi) is 6.74. The minimum atomic E-state index is -0.0167. The summed E-state index contributed by atoms with van der Waals surface area (Å²) in [5.74, 6) is -0.0167. The van der Waals surface area contributed by atoms with Gasteiger partial charge in [-0.15, -0.1) is 23.7 Å². The lowest BCUT2D eigenvalue weighted by Gasteiger charge is -2.26. The lowest BCUT2D eigenvalue weighted by molar-refractivity contribution is -0.115. The SMILES string of the molecule is CC(=O)N(c1ccc(C)cc1)c1nc(CN2CCNCC2)cs1.Cl. The van der Waals surface area contributed by atoms with E-state index in [0.29, 0.717) is 0 Å². The Morgan fingerprint density at radius 1 is 1.29 bits per heavy atom. The summed E-state index contributed by atoms with van der Waals surface area (Å²) >= 11 is 1.53. The molecule has 3 rings (SSSR count). The molecular weight excluding hydrogens is 344 g/mol. The fourth-order valence-corrected chi connectivity index (χ4v) is 3.57. The summed E-state index contributed by atoms with van der Waals surface area (Å²) in [6.45, 7) is 8.61. The molecule has 0 saturated carbocycles. The molecule has 0 spiro atoms. The molecule has 0 atom stereocenters. The van der Waals surface area contributed by atoms with Crippen LogP contribution < -0.4 is 10.2 Å². The van der Waals surface area contributed by atoms with Gasteiger partial charge in [0, 0.05) is 45.0 Å². The second kappa shape index (κ2) is 8.58. The third-order valence-corrected chi connectivity index (χ3v) is 4.81. The number of rotatable bonds is 4. The van der Waals surface area contributed by atoms with Crippen LogP contribution in [0, 0.1) is 6.92 Å². The van der Waals surface area contributed by atoms with E-state index in [1.165, 1.54) is 16.9 Å². The Balaban J connectivity index is 0.00000208. The number of nitrogens with zero attached hydrogens (tertiary/aromatic N) is 3. The average Bonchev–Trinajstić information content (AvgIpc) is 2.98. The molecule has 130 valence electrons. The van der Waals surface area contributed by atoms with Crippen molar-refractivity contribution in [2.24, 2.45) is 0 Å². The molecule has 1 fully saturated rings. The topological polar surface area (TPSA) is 48.5 Å². The Bertz CT molecular complexity index is 667. The number of carbonyl (C=O) groups is 1. The highest BCUT2D eigenvalue weighted by molar-refractivity contribution is 7.14. The molecule has 0 aliphatic carbocycles. The number of carbonyl (C=O) groups excluding carboxylic acids is 1. The van der Waals surface area contributed by atoms with Crippen LogP contribution in [0.4, 0.5) is 10.8 Å². The number of benzene rings is 1. The smallest absolute Gasteiger partial charge is 0.230 e. The number of piperazine rings is 1. The van der Waals surface area contributed by atoms with Crippen molar-refractivity contribution in [2.75, 3.05) is 31.1 Å². The van der Waals surface area contributed by atoms with Crippen molar-refractivity contribution in [3.05, 3.63) is 40.9 Å². The Labute approximate surface area is 153 Å². The monoisotopic (exact) mass is 366 g/mol. The largest absolute Gasteiger partial charge is 0.314 e. The standard InChI is InChI=1S/C17H22N4OS.ClH/c1-13-3-5-16(6-4-13)21(14(2)22)17-19-15(12-23-17)11-20-9-7-18-8-10-20;/h3-6,12,18H,7-11H2,1-2H3;1H. The van der Waals surface area contributed by atoms with Gasteiger partial charge in [0.05, 0.1) is 11.4 Å². The first-order valence-corrected chi connectivity index (χ1v) is 8.76. The third-order valence-electron chi connectivity index (χ3n) is 3.93.